The Hall–Kier alpha value is -5.04. The first-order valence-corrected chi connectivity index (χ1v) is 14.0. The molecule has 7 heteroatoms. The Labute approximate surface area is 244 Å². The average molecular weight is 558 g/mol. The highest BCUT2D eigenvalue weighted by atomic mass is 16.5. The second-order valence-corrected chi connectivity index (χ2v) is 10.8. The van der Waals surface area contributed by atoms with Crippen molar-refractivity contribution in [2.45, 2.75) is 39.3 Å². The maximum atomic E-state index is 13.6. The van der Waals surface area contributed by atoms with Crippen LogP contribution in [0.2, 0.25) is 0 Å². The molecule has 0 aliphatic heterocycles. The van der Waals surface area contributed by atoms with Gasteiger partial charge in [0.05, 0.1) is 5.52 Å². The first-order chi connectivity index (χ1) is 20.3. The number of rotatable bonds is 7. The molecule has 0 N–H and O–H groups in total. The van der Waals surface area contributed by atoms with Crippen LogP contribution in [0.5, 0.6) is 0 Å². The number of aryl methyl sites for hydroxylation is 2. The molecule has 0 saturated heterocycles. The minimum Gasteiger partial charge on any atom is -0.457 e. The summed E-state index contributed by atoms with van der Waals surface area (Å²) in [6.07, 6.45) is 5.40. The second kappa shape index (κ2) is 11.1. The smallest absolute Gasteiger partial charge is 0.343 e. The van der Waals surface area contributed by atoms with Crippen molar-refractivity contribution in [3.05, 3.63) is 129 Å². The first kappa shape index (κ1) is 27.1. The number of carbonyl (C=O) groups excluding carboxylic acids is 2. The van der Waals surface area contributed by atoms with Gasteiger partial charge in [-0.05, 0) is 73.2 Å². The van der Waals surface area contributed by atoms with E-state index in [1.165, 1.54) is 0 Å². The van der Waals surface area contributed by atoms with Crippen molar-refractivity contribution >= 4 is 28.6 Å². The van der Waals surface area contributed by atoms with E-state index in [4.69, 9.17) is 4.74 Å². The lowest BCUT2D eigenvalue weighted by Crippen LogP contribution is -2.27. The van der Waals surface area contributed by atoms with E-state index >= 15 is 0 Å². The van der Waals surface area contributed by atoms with Crippen LogP contribution in [0.25, 0.3) is 22.0 Å². The fraction of sp³-hybridized carbons (Fsp3) is 0.200. The fourth-order valence-corrected chi connectivity index (χ4v) is 5.46. The fourth-order valence-electron chi connectivity index (χ4n) is 5.46. The van der Waals surface area contributed by atoms with E-state index in [9.17, 15) is 14.4 Å². The zero-order chi connectivity index (χ0) is 29.4. The maximum absolute atomic E-state index is 13.6. The summed E-state index contributed by atoms with van der Waals surface area (Å²) in [5.41, 5.74) is 5.60. The number of ether oxygens (including phenoxy) is 1. The van der Waals surface area contributed by atoms with Gasteiger partial charge >= 0.3 is 5.97 Å². The summed E-state index contributed by atoms with van der Waals surface area (Å²) in [6, 6.07) is 24.5. The molecule has 1 fully saturated rings. The number of carbonyl (C=O) groups is 2. The van der Waals surface area contributed by atoms with Gasteiger partial charge in [0.15, 0.2) is 0 Å². The molecule has 2 heterocycles. The van der Waals surface area contributed by atoms with Crippen molar-refractivity contribution < 1.29 is 14.3 Å². The maximum Gasteiger partial charge on any atom is 0.343 e. The van der Waals surface area contributed by atoms with Crippen molar-refractivity contribution in [2.24, 2.45) is 0 Å². The molecule has 0 radical (unpaired) electrons. The molecule has 1 saturated carbocycles. The summed E-state index contributed by atoms with van der Waals surface area (Å²) in [6.45, 7) is 4.04. The van der Waals surface area contributed by atoms with Crippen molar-refractivity contribution in [1.29, 1.82) is 0 Å². The minimum atomic E-state index is -0.619. The average Bonchev–Trinajstić information content (AvgIpc) is 3.86. The lowest BCUT2D eigenvalue weighted by atomic mass is 9.96. The largest absolute Gasteiger partial charge is 0.457 e. The van der Waals surface area contributed by atoms with Gasteiger partial charge in [-0.2, -0.15) is 0 Å². The molecule has 0 bridgehead atoms. The molecule has 42 heavy (non-hydrogen) atoms. The van der Waals surface area contributed by atoms with Crippen LogP contribution in [0.1, 0.15) is 56.3 Å². The number of esters is 1. The lowest BCUT2D eigenvalue weighted by molar-refractivity contribution is 0.0470. The van der Waals surface area contributed by atoms with Crippen LogP contribution < -0.4 is 10.3 Å². The third-order valence-corrected chi connectivity index (χ3v) is 7.82. The molecule has 210 valence electrons. The zero-order valence-corrected chi connectivity index (χ0v) is 23.8. The van der Waals surface area contributed by atoms with Gasteiger partial charge in [-0.1, -0.05) is 54.6 Å². The number of hydrogen-bond donors (Lipinski definition) is 0. The monoisotopic (exact) mass is 557 g/mol. The molecule has 0 atom stereocenters. The van der Waals surface area contributed by atoms with E-state index in [0.29, 0.717) is 16.8 Å². The van der Waals surface area contributed by atoms with Gasteiger partial charge in [0, 0.05) is 42.0 Å². The Kier molecular flexibility index (Phi) is 7.17. The van der Waals surface area contributed by atoms with E-state index in [1.54, 1.807) is 42.5 Å². The SMILES string of the molecule is Cc1cc(-c2ccc3c(=O)c(C(=O)OCc4ccccc4)cn(C4CC4)c3c2C)cnc1N(C)C(=O)c1ccccc1. The van der Waals surface area contributed by atoms with Crippen molar-refractivity contribution in [2.75, 3.05) is 11.9 Å². The molecule has 1 aliphatic carbocycles. The number of anilines is 1. The first-order valence-electron chi connectivity index (χ1n) is 14.0. The normalized spacial score (nSPS) is 12.7. The number of pyridine rings is 2. The van der Waals surface area contributed by atoms with Crippen LogP contribution in [-0.2, 0) is 11.3 Å². The van der Waals surface area contributed by atoms with E-state index < -0.39 is 5.97 Å². The van der Waals surface area contributed by atoms with Crippen LogP contribution in [-0.4, -0.2) is 28.5 Å². The Balaban J connectivity index is 1.35. The molecule has 6 rings (SSSR count). The predicted molar refractivity (Wildman–Crippen MR) is 164 cm³/mol. The van der Waals surface area contributed by atoms with Crippen molar-refractivity contribution in [3.63, 3.8) is 0 Å². The highest BCUT2D eigenvalue weighted by Crippen LogP contribution is 2.39. The summed E-state index contributed by atoms with van der Waals surface area (Å²) in [5.74, 6) is -0.168. The van der Waals surface area contributed by atoms with E-state index in [2.05, 4.69) is 9.55 Å². The van der Waals surface area contributed by atoms with Gasteiger partial charge in [-0.25, -0.2) is 9.78 Å². The molecule has 2 aromatic heterocycles. The van der Waals surface area contributed by atoms with Crippen LogP contribution >= 0.6 is 0 Å². The quantitative estimate of drug-likeness (QED) is 0.209. The van der Waals surface area contributed by atoms with Crippen LogP contribution in [0.3, 0.4) is 0 Å². The van der Waals surface area contributed by atoms with Gasteiger partial charge < -0.3 is 9.30 Å². The molecular weight excluding hydrogens is 526 g/mol. The molecule has 0 spiro atoms. The Morgan fingerprint density at radius 3 is 2.33 bits per heavy atom. The molecule has 0 unspecified atom stereocenters. The van der Waals surface area contributed by atoms with E-state index in [1.807, 2.05) is 74.5 Å². The third kappa shape index (κ3) is 5.09. The van der Waals surface area contributed by atoms with E-state index in [-0.39, 0.29) is 29.5 Å². The Morgan fingerprint density at radius 1 is 0.976 bits per heavy atom. The van der Waals surface area contributed by atoms with E-state index in [0.717, 1.165) is 46.2 Å². The van der Waals surface area contributed by atoms with Gasteiger partial charge in [0.2, 0.25) is 5.43 Å². The van der Waals surface area contributed by atoms with Gasteiger partial charge in [-0.3, -0.25) is 14.5 Å². The summed E-state index contributed by atoms with van der Waals surface area (Å²) < 4.78 is 7.59. The van der Waals surface area contributed by atoms with Gasteiger partial charge in [0.25, 0.3) is 5.91 Å². The van der Waals surface area contributed by atoms with Crippen LogP contribution in [0.4, 0.5) is 5.82 Å². The third-order valence-electron chi connectivity index (χ3n) is 7.82. The topological polar surface area (TPSA) is 81.5 Å². The zero-order valence-electron chi connectivity index (χ0n) is 23.8. The predicted octanol–water partition coefficient (Wildman–Crippen LogP) is 6.65. The highest BCUT2D eigenvalue weighted by molar-refractivity contribution is 6.05. The summed E-state index contributed by atoms with van der Waals surface area (Å²) >= 11 is 0. The van der Waals surface area contributed by atoms with Crippen LogP contribution in [0, 0.1) is 13.8 Å². The minimum absolute atomic E-state index is 0.0467. The van der Waals surface area contributed by atoms with Crippen molar-refractivity contribution in [3.8, 4) is 11.1 Å². The standard InChI is InChI=1S/C35H31N3O4/c1-22-18-26(19-36-33(22)37(3)34(40)25-12-8-5-9-13-25)28-16-17-29-31(23(28)2)38(27-14-15-27)20-30(32(29)39)35(41)42-21-24-10-6-4-7-11-24/h4-13,16-20,27H,14-15,21H2,1-3H3. The van der Waals surface area contributed by atoms with Gasteiger partial charge in [-0.15, -0.1) is 0 Å². The number of nitrogens with zero attached hydrogens (tertiary/aromatic N) is 3. The molecule has 1 aliphatic rings. The lowest BCUT2D eigenvalue weighted by Gasteiger charge is -2.20. The summed E-state index contributed by atoms with van der Waals surface area (Å²) in [4.78, 5) is 45.8. The highest BCUT2D eigenvalue weighted by Gasteiger charge is 2.28. The number of fused-ring (bicyclic) bond motifs is 1. The number of amides is 1. The summed E-state index contributed by atoms with van der Waals surface area (Å²) in [7, 11) is 1.72. The molecule has 7 nitrogen and oxygen atoms in total. The molecular formula is C35H31N3O4. The Morgan fingerprint density at radius 2 is 1.67 bits per heavy atom. The Bertz CT molecular complexity index is 1880. The van der Waals surface area contributed by atoms with Crippen LogP contribution in [0.15, 0.2) is 96.1 Å². The molecule has 1 amide bonds. The number of aromatic nitrogens is 2. The number of hydrogen-bond acceptors (Lipinski definition) is 5. The summed E-state index contributed by atoms with van der Waals surface area (Å²) in [5, 5.41) is 0.492. The van der Waals surface area contributed by atoms with Gasteiger partial charge in [0.1, 0.15) is 18.0 Å². The number of benzene rings is 3. The molecule has 5 aromatic rings. The molecule has 3 aromatic carbocycles. The second-order valence-electron chi connectivity index (χ2n) is 10.8. The van der Waals surface area contributed by atoms with Crippen molar-refractivity contribution in [1.82, 2.24) is 9.55 Å².